The average molecular weight is 429 g/mol. The molecule has 0 aliphatic rings. The molecule has 6 nitrogen and oxygen atoms in total. The lowest BCUT2D eigenvalue weighted by molar-refractivity contribution is 0.0950. The zero-order valence-electron chi connectivity index (χ0n) is 16.9. The van der Waals surface area contributed by atoms with Crippen molar-refractivity contribution < 1.29 is 19.0 Å². The van der Waals surface area contributed by atoms with Crippen molar-refractivity contribution in [2.75, 3.05) is 14.2 Å². The van der Waals surface area contributed by atoms with E-state index in [1.54, 1.807) is 31.4 Å². The smallest absolute Gasteiger partial charge is 0.251 e. The summed E-state index contributed by atoms with van der Waals surface area (Å²) in [6.45, 7) is 0.859. The van der Waals surface area contributed by atoms with E-state index < -0.39 is 0 Å². The van der Waals surface area contributed by atoms with Crippen LogP contribution in [0.1, 0.15) is 21.5 Å². The van der Waals surface area contributed by atoms with E-state index in [1.165, 1.54) is 7.11 Å². The standard InChI is InChI=1S/C23H24N2O4.ClH/c1-27-21-12-17(14-24)8-10-19(21)29-20-11-9-18(13-22(20)28-2)23(26)25-15-16-6-4-3-5-7-16;/h3-13H,14-15,24H2,1-2H3,(H,25,26);1H. The van der Waals surface area contributed by atoms with E-state index in [-0.39, 0.29) is 18.3 Å². The maximum atomic E-state index is 12.5. The normalized spacial score (nSPS) is 9.97. The minimum Gasteiger partial charge on any atom is -0.493 e. The predicted octanol–water partition coefficient (Wildman–Crippen LogP) is 4.31. The van der Waals surface area contributed by atoms with Gasteiger partial charge in [-0.25, -0.2) is 0 Å². The number of rotatable bonds is 8. The molecule has 0 fully saturated rings. The number of amides is 1. The number of hydrogen-bond donors (Lipinski definition) is 2. The SMILES string of the molecule is COc1cc(CN)ccc1Oc1ccc(C(=O)NCc2ccccc2)cc1OC.Cl. The van der Waals surface area contributed by atoms with Gasteiger partial charge in [0.05, 0.1) is 14.2 Å². The first-order valence-electron chi connectivity index (χ1n) is 9.19. The van der Waals surface area contributed by atoms with Crippen LogP contribution in [0.25, 0.3) is 0 Å². The number of hydrogen-bond acceptors (Lipinski definition) is 5. The van der Waals surface area contributed by atoms with Gasteiger partial charge in [-0.05, 0) is 41.5 Å². The van der Waals surface area contributed by atoms with Crippen molar-refractivity contribution in [2.45, 2.75) is 13.1 Å². The Bertz CT molecular complexity index is 980. The van der Waals surface area contributed by atoms with E-state index >= 15 is 0 Å². The minimum atomic E-state index is -0.191. The number of halogens is 1. The van der Waals surface area contributed by atoms with Crippen LogP contribution in [-0.2, 0) is 13.1 Å². The van der Waals surface area contributed by atoms with Gasteiger partial charge in [-0.2, -0.15) is 0 Å². The van der Waals surface area contributed by atoms with Crippen molar-refractivity contribution >= 4 is 18.3 Å². The van der Waals surface area contributed by atoms with E-state index in [1.807, 2.05) is 42.5 Å². The summed E-state index contributed by atoms with van der Waals surface area (Å²) in [5.74, 6) is 1.83. The summed E-state index contributed by atoms with van der Waals surface area (Å²) in [5.41, 5.74) is 8.12. The molecule has 0 aromatic heterocycles. The number of ether oxygens (including phenoxy) is 3. The summed E-state index contributed by atoms with van der Waals surface area (Å²) >= 11 is 0. The molecule has 0 saturated heterocycles. The molecule has 158 valence electrons. The van der Waals surface area contributed by atoms with Crippen LogP contribution in [0.5, 0.6) is 23.0 Å². The summed E-state index contributed by atoms with van der Waals surface area (Å²) in [6.07, 6.45) is 0. The van der Waals surface area contributed by atoms with Gasteiger partial charge in [-0.1, -0.05) is 36.4 Å². The summed E-state index contributed by atoms with van der Waals surface area (Å²) in [4.78, 5) is 12.5. The molecule has 0 unspecified atom stereocenters. The molecule has 0 aliphatic carbocycles. The lowest BCUT2D eigenvalue weighted by atomic mass is 10.1. The van der Waals surface area contributed by atoms with Crippen molar-refractivity contribution in [3.63, 3.8) is 0 Å². The number of nitrogens with one attached hydrogen (secondary N) is 1. The van der Waals surface area contributed by atoms with Crippen LogP contribution in [-0.4, -0.2) is 20.1 Å². The molecule has 3 aromatic carbocycles. The molecule has 0 saturated carbocycles. The van der Waals surface area contributed by atoms with Crippen LogP contribution in [0.3, 0.4) is 0 Å². The number of benzene rings is 3. The molecule has 0 heterocycles. The first-order valence-corrected chi connectivity index (χ1v) is 9.19. The van der Waals surface area contributed by atoms with Gasteiger partial charge in [-0.15, -0.1) is 12.4 Å². The molecule has 0 aliphatic heterocycles. The van der Waals surface area contributed by atoms with Crippen LogP contribution < -0.4 is 25.3 Å². The highest BCUT2D eigenvalue weighted by Crippen LogP contribution is 2.37. The van der Waals surface area contributed by atoms with Crippen molar-refractivity contribution in [1.29, 1.82) is 0 Å². The minimum absolute atomic E-state index is 0. The number of methoxy groups -OCH3 is 2. The van der Waals surface area contributed by atoms with Crippen LogP contribution in [0.15, 0.2) is 66.7 Å². The number of nitrogens with two attached hydrogens (primary N) is 1. The Balaban J connectivity index is 0.00000320. The molecule has 30 heavy (non-hydrogen) atoms. The number of carbonyl (C=O) groups is 1. The highest BCUT2D eigenvalue weighted by molar-refractivity contribution is 5.94. The highest BCUT2D eigenvalue weighted by Gasteiger charge is 2.14. The first kappa shape index (κ1) is 23.1. The summed E-state index contributed by atoms with van der Waals surface area (Å²) < 4.78 is 16.8. The van der Waals surface area contributed by atoms with Crippen molar-refractivity contribution in [3.05, 3.63) is 83.4 Å². The van der Waals surface area contributed by atoms with Crippen molar-refractivity contribution in [3.8, 4) is 23.0 Å². The number of carbonyl (C=O) groups excluding carboxylic acids is 1. The Hall–Kier alpha value is -3.22. The van der Waals surface area contributed by atoms with Crippen molar-refractivity contribution in [2.24, 2.45) is 5.73 Å². The molecule has 0 radical (unpaired) electrons. The van der Waals surface area contributed by atoms with E-state index in [0.717, 1.165) is 11.1 Å². The Labute approximate surface area is 182 Å². The van der Waals surface area contributed by atoms with Gasteiger partial charge in [0, 0.05) is 18.7 Å². The largest absolute Gasteiger partial charge is 0.493 e. The summed E-state index contributed by atoms with van der Waals surface area (Å²) in [6, 6.07) is 20.3. The Morgan fingerprint density at radius 1 is 0.833 bits per heavy atom. The third-order valence-corrected chi connectivity index (χ3v) is 4.41. The maximum absolute atomic E-state index is 12.5. The van der Waals surface area contributed by atoms with E-state index in [2.05, 4.69) is 5.32 Å². The van der Waals surface area contributed by atoms with Gasteiger partial charge in [0.2, 0.25) is 0 Å². The molecule has 0 bridgehead atoms. The fourth-order valence-electron chi connectivity index (χ4n) is 2.82. The monoisotopic (exact) mass is 428 g/mol. The second-order valence-corrected chi connectivity index (χ2v) is 6.33. The molecule has 3 N–H and O–H groups in total. The predicted molar refractivity (Wildman–Crippen MR) is 119 cm³/mol. The first-order chi connectivity index (χ1) is 14.1. The topological polar surface area (TPSA) is 82.8 Å². The summed E-state index contributed by atoms with van der Waals surface area (Å²) in [7, 11) is 3.10. The molecule has 3 aromatic rings. The zero-order chi connectivity index (χ0) is 20.6. The summed E-state index contributed by atoms with van der Waals surface area (Å²) in [5, 5.41) is 2.90. The molecule has 7 heteroatoms. The van der Waals surface area contributed by atoms with Gasteiger partial charge in [0.25, 0.3) is 5.91 Å². The van der Waals surface area contributed by atoms with Gasteiger partial charge in [-0.3, -0.25) is 4.79 Å². The van der Waals surface area contributed by atoms with Crippen LogP contribution in [0, 0.1) is 0 Å². The maximum Gasteiger partial charge on any atom is 0.251 e. The third kappa shape index (κ3) is 5.65. The van der Waals surface area contributed by atoms with E-state index in [4.69, 9.17) is 19.9 Å². The van der Waals surface area contributed by atoms with Gasteiger partial charge < -0.3 is 25.3 Å². The molecular formula is C23H25ClN2O4. The van der Waals surface area contributed by atoms with Crippen molar-refractivity contribution in [1.82, 2.24) is 5.32 Å². The molecule has 0 atom stereocenters. The molecule has 0 spiro atoms. The van der Waals surface area contributed by atoms with Crippen LogP contribution in [0.4, 0.5) is 0 Å². The quantitative estimate of drug-likeness (QED) is 0.558. The third-order valence-electron chi connectivity index (χ3n) is 4.41. The second-order valence-electron chi connectivity index (χ2n) is 6.33. The Morgan fingerprint density at radius 2 is 1.47 bits per heavy atom. The van der Waals surface area contributed by atoms with E-state index in [0.29, 0.717) is 41.7 Å². The lowest BCUT2D eigenvalue weighted by Gasteiger charge is -2.15. The van der Waals surface area contributed by atoms with Gasteiger partial charge >= 0.3 is 0 Å². The van der Waals surface area contributed by atoms with E-state index in [9.17, 15) is 4.79 Å². The molecule has 3 rings (SSSR count). The van der Waals surface area contributed by atoms with Crippen LogP contribution >= 0.6 is 12.4 Å². The average Bonchev–Trinajstić information content (AvgIpc) is 2.78. The molecule has 1 amide bonds. The molecular weight excluding hydrogens is 404 g/mol. The van der Waals surface area contributed by atoms with Gasteiger partial charge in [0.15, 0.2) is 23.0 Å². The van der Waals surface area contributed by atoms with Crippen LogP contribution in [0.2, 0.25) is 0 Å². The zero-order valence-corrected chi connectivity index (χ0v) is 17.7. The fraction of sp³-hybridized carbons (Fsp3) is 0.174. The highest BCUT2D eigenvalue weighted by atomic mass is 35.5. The Kier molecular flexibility index (Phi) is 8.53. The fourth-order valence-corrected chi connectivity index (χ4v) is 2.82. The lowest BCUT2D eigenvalue weighted by Crippen LogP contribution is -2.22. The Morgan fingerprint density at radius 3 is 2.10 bits per heavy atom. The second kappa shape index (κ2) is 11.1. The van der Waals surface area contributed by atoms with Gasteiger partial charge in [0.1, 0.15) is 0 Å².